The zero-order chi connectivity index (χ0) is 20.6. The molecular formula is C23H33NO3Si. The van der Waals surface area contributed by atoms with E-state index in [2.05, 4.69) is 39.9 Å². The molecule has 1 amide bonds. The second-order valence-electron chi connectivity index (χ2n) is 9.42. The molecular weight excluding hydrogens is 366 g/mol. The van der Waals surface area contributed by atoms with Crippen molar-refractivity contribution < 1.29 is 14.0 Å². The van der Waals surface area contributed by atoms with E-state index in [-0.39, 0.29) is 16.9 Å². The van der Waals surface area contributed by atoms with E-state index in [4.69, 9.17) is 9.16 Å². The second kappa shape index (κ2) is 7.52. The molecule has 0 unspecified atom stereocenters. The SMILES string of the molecule is COC1=C[C@@]2(CC=C1)C(=O)N(c1ccccc1)C[C@H]2CO[Si](C)(C)C(C)(C)C. The normalized spacial score (nSPS) is 25.4. The number of ether oxygens (including phenoxy) is 1. The molecule has 1 saturated heterocycles. The third kappa shape index (κ3) is 3.70. The summed E-state index contributed by atoms with van der Waals surface area (Å²) in [5, 5.41) is 0.141. The van der Waals surface area contributed by atoms with Crippen molar-refractivity contribution in [3.63, 3.8) is 0 Å². The van der Waals surface area contributed by atoms with Gasteiger partial charge in [-0.2, -0.15) is 0 Å². The van der Waals surface area contributed by atoms with Crippen LogP contribution in [0.4, 0.5) is 5.69 Å². The van der Waals surface area contributed by atoms with E-state index in [0.717, 1.165) is 11.4 Å². The molecule has 0 aromatic heterocycles. The first-order valence-corrected chi connectivity index (χ1v) is 13.0. The Labute approximate surface area is 170 Å². The van der Waals surface area contributed by atoms with Gasteiger partial charge in [0.1, 0.15) is 5.76 Å². The molecule has 1 aliphatic carbocycles. The van der Waals surface area contributed by atoms with Crippen molar-refractivity contribution in [2.24, 2.45) is 11.3 Å². The lowest BCUT2D eigenvalue weighted by Crippen LogP contribution is -2.44. The molecule has 1 aromatic carbocycles. The lowest BCUT2D eigenvalue weighted by atomic mass is 9.73. The van der Waals surface area contributed by atoms with Crippen LogP contribution >= 0.6 is 0 Å². The van der Waals surface area contributed by atoms with E-state index in [1.165, 1.54) is 0 Å². The number of hydrogen-bond donors (Lipinski definition) is 0. The van der Waals surface area contributed by atoms with Crippen LogP contribution in [0, 0.1) is 11.3 Å². The third-order valence-corrected chi connectivity index (χ3v) is 11.2. The van der Waals surface area contributed by atoms with Crippen molar-refractivity contribution in [3.05, 3.63) is 54.3 Å². The quantitative estimate of drug-likeness (QED) is 0.643. The summed E-state index contributed by atoms with van der Waals surface area (Å²) in [4.78, 5) is 15.5. The lowest BCUT2D eigenvalue weighted by Gasteiger charge is -2.39. The first-order valence-electron chi connectivity index (χ1n) is 10.0. The Hall–Kier alpha value is -1.85. The summed E-state index contributed by atoms with van der Waals surface area (Å²) in [5.74, 6) is 0.984. The Morgan fingerprint density at radius 2 is 1.89 bits per heavy atom. The van der Waals surface area contributed by atoms with Gasteiger partial charge in [-0.1, -0.05) is 45.0 Å². The molecule has 2 atom stereocenters. The van der Waals surface area contributed by atoms with E-state index >= 15 is 0 Å². The van der Waals surface area contributed by atoms with Gasteiger partial charge < -0.3 is 14.1 Å². The smallest absolute Gasteiger partial charge is 0.237 e. The molecule has 28 heavy (non-hydrogen) atoms. The van der Waals surface area contributed by atoms with Gasteiger partial charge in [0.05, 0.1) is 12.5 Å². The van der Waals surface area contributed by atoms with Crippen LogP contribution in [-0.4, -0.2) is 34.5 Å². The average molecular weight is 400 g/mol. The largest absolute Gasteiger partial charge is 0.497 e. The molecule has 0 N–H and O–H groups in total. The first-order chi connectivity index (χ1) is 13.1. The monoisotopic (exact) mass is 399 g/mol. The molecule has 0 saturated carbocycles. The van der Waals surface area contributed by atoms with E-state index in [9.17, 15) is 4.79 Å². The summed E-state index contributed by atoms with van der Waals surface area (Å²) in [7, 11) is -0.244. The van der Waals surface area contributed by atoms with Crippen LogP contribution in [0.25, 0.3) is 0 Å². The van der Waals surface area contributed by atoms with E-state index in [0.29, 0.717) is 19.6 Å². The number of nitrogens with zero attached hydrogens (tertiary/aromatic N) is 1. The number of rotatable bonds is 5. The minimum Gasteiger partial charge on any atom is -0.497 e. The third-order valence-electron chi connectivity index (χ3n) is 6.67. The van der Waals surface area contributed by atoms with Crippen LogP contribution in [-0.2, 0) is 14.0 Å². The maximum Gasteiger partial charge on any atom is 0.237 e. The van der Waals surface area contributed by atoms with Crippen molar-refractivity contribution in [2.45, 2.75) is 45.3 Å². The summed E-state index contributed by atoms with van der Waals surface area (Å²) in [5.41, 5.74) is 0.349. The zero-order valence-corrected chi connectivity index (χ0v) is 19.0. The molecule has 4 nitrogen and oxygen atoms in total. The lowest BCUT2D eigenvalue weighted by molar-refractivity contribution is -0.125. The number of para-hydroxylation sites is 1. The van der Waals surface area contributed by atoms with E-state index in [1.807, 2.05) is 47.4 Å². The fourth-order valence-electron chi connectivity index (χ4n) is 3.74. The topological polar surface area (TPSA) is 38.8 Å². The average Bonchev–Trinajstić information content (AvgIpc) is 2.92. The maximum absolute atomic E-state index is 13.6. The van der Waals surface area contributed by atoms with Crippen LogP contribution in [0.15, 0.2) is 54.3 Å². The number of hydrogen-bond acceptors (Lipinski definition) is 3. The van der Waals surface area contributed by atoms with Gasteiger partial charge in [0.2, 0.25) is 5.91 Å². The Bertz CT molecular complexity index is 779. The van der Waals surface area contributed by atoms with Gasteiger partial charge in [-0.05, 0) is 48.8 Å². The van der Waals surface area contributed by atoms with Crippen LogP contribution in [0.1, 0.15) is 27.2 Å². The molecule has 3 rings (SSSR count). The highest BCUT2D eigenvalue weighted by atomic mass is 28.4. The van der Waals surface area contributed by atoms with E-state index < -0.39 is 13.7 Å². The summed E-state index contributed by atoms with van der Waals surface area (Å²) in [6, 6.07) is 9.94. The van der Waals surface area contributed by atoms with Crippen molar-refractivity contribution in [1.29, 1.82) is 0 Å². The van der Waals surface area contributed by atoms with Crippen LogP contribution in [0.5, 0.6) is 0 Å². The Balaban J connectivity index is 1.93. The molecule has 1 fully saturated rings. The fraction of sp³-hybridized carbons (Fsp3) is 0.522. The number of anilines is 1. The number of methoxy groups -OCH3 is 1. The van der Waals surface area contributed by atoms with Crippen molar-refractivity contribution >= 4 is 19.9 Å². The molecule has 1 heterocycles. The second-order valence-corrected chi connectivity index (χ2v) is 14.2. The van der Waals surface area contributed by atoms with Crippen LogP contribution in [0.2, 0.25) is 18.1 Å². The number of benzene rings is 1. The predicted octanol–water partition coefficient (Wildman–Crippen LogP) is 5.15. The molecule has 0 radical (unpaired) electrons. The van der Waals surface area contributed by atoms with Crippen LogP contribution < -0.4 is 4.90 Å². The molecule has 2 aliphatic rings. The van der Waals surface area contributed by atoms with Gasteiger partial charge in [-0.25, -0.2) is 0 Å². The molecule has 1 aliphatic heterocycles. The van der Waals surface area contributed by atoms with Crippen LogP contribution in [0.3, 0.4) is 0 Å². The van der Waals surface area contributed by atoms with Gasteiger partial charge in [0, 0.05) is 24.8 Å². The Morgan fingerprint density at radius 3 is 2.50 bits per heavy atom. The van der Waals surface area contributed by atoms with Gasteiger partial charge >= 0.3 is 0 Å². The highest BCUT2D eigenvalue weighted by Gasteiger charge is 2.54. The summed E-state index contributed by atoms with van der Waals surface area (Å²) < 4.78 is 12.1. The highest BCUT2D eigenvalue weighted by Crippen LogP contribution is 2.47. The predicted molar refractivity (Wildman–Crippen MR) is 117 cm³/mol. The summed E-state index contributed by atoms with van der Waals surface area (Å²) in [6.45, 7) is 12.5. The molecule has 1 spiro atoms. The van der Waals surface area contributed by atoms with Crippen molar-refractivity contribution in [2.75, 3.05) is 25.2 Å². The minimum absolute atomic E-state index is 0.0874. The maximum atomic E-state index is 13.6. The van der Waals surface area contributed by atoms with Gasteiger partial charge in [-0.15, -0.1) is 0 Å². The van der Waals surface area contributed by atoms with Gasteiger partial charge in [-0.3, -0.25) is 4.79 Å². The first kappa shape index (κ1) is 20.9. The zero-order valence-electron chi connectivity index (χ0n) is 18.0. The van der Waals surface area contributed by atoms with Crippen molar-refractivity contribution in [3.8, 4) is 0 Å². The molecule has 0 bridgehead atoms. The molecule has 152 valence electrons. The number of allylic oxidation sites excluding steroid dienone is 2. The van der Waals surface area contributed by atoms with Crippen molar-refractivity contribution in [1.82, 2.24) is 0 Å². The Morgan fingerprint density at radius 1 is 1.21 bits per heavy atom. The standard InChI is InChI=1S/C23H33NO3Si/c1-22(2,3)28(5,6)27-17-18-16-24(19-11-8-7-9-12-19)21(25)23(18)14-10-13-20(15-23)26-4/h7-13,15,18H,14,16-17H2,1-6H3/t18-,23+/m0/s1. The van der Waals surface area contributed by atoms with E-state index in [1.54, 1.807) is 7.11 Å². The summed E-state index contributed by atoms with van der Waals surface area (Å²) in [6.07, 6.45) is 6.73. The minimum atomic E-state index is -1.90. The van der Waals surface area contributed by atoms with Gasteiger partial charge in [0.25, 0.3) is 0 Å². The fourth-order valence-corrected chi connectivity index (χ4v) is 4.79. The van der Waals surface area contributed by atoms with Gasteiger partial charge in [0.15, 0.2) is 8.32 Å². The summed E-state index contributed by atoms with van der Waals surface area (Å²) >= 11 is 0. The highest BCUT2D eigenvalue weighted by molar-refractivity contribution is 6.74. The number of carbonyl (C=O) groups is 1. The number of carbonyl (C=O) groups excluding carboxylic acids is 1. The number of amides is 1. The Kier molecular flexibility index (Phi) is 5.61. The molecule has 1 aromatic rings. The molecule has 5 heteroatoms.